The Kier molecular flexibility index (Phi) is 7.17. The standard InChI is InChI=1S/C35H39FN2O4/c1-20(35(39)40)34(22-4-5-22)24-6-3-21-8-14-31(42-32(21)16-24)23-7-13-28(29-17-33(41-2)37-18-30(29)36)25(15-23)19-38-26-9-10-27(38)12-11-26/h3,6-7,13,15-18,20,22,26-27,31,34H,4-5,8-12,14,19H2,1-2H3,(H,39,40)/t20-,26?,27?,31+,34?/m0/s1. The lowest BCUT2D eigenvalue weighted by Gasteiger charge is -2.30. The van der Waals surface area contributed by atoms with Crippen molar-refractivity contribution in [1.82, 2.24) is 9.88 Å². The van der Waals surface area contributed by atoms with Crippen molar-refractivity contribution in [3.05, 3.63) is 76.7 Å². The van der Waals surface area contributed by atoms with Crippen molar-refractivity contribution in [3.63, 3.8) is 0 Å². The second-order valence-electron chi connectivity index (χ2n) is 12.8. The zero-order valence-corrected chi connectivity index (χ0v) is 24.4. The molecule has 1 aliphatic carbocycles. The summed E-state index contributed by atoms with van der Waals surface area (Å²) in [4.78, 5) is 18.6. The number of pyridine rings is 1. The Morgan fingerprint density at radius 1 is 1.05 bits per heavy atom. The predicted molar refractivity (Wildman–Crippen MR) is 158 cm³/mol. The number of carboxylic acid groups (broad SMARTS) is 1. The summed E-state index contributed by atoms with van der Waals surface area (Å²) in [5.41, 5.74) is 5.81. The van der Waals surface area contributed by atoms with E-state index in [-0.39, 0.29) is 17.8 Å². The molecule has 3 aromatic rings. The molecule has 7 rings (SSSR count). The van der Waals surface area contributed by atoms with Gasteiger partial charge in [-0.05, 0) is 97.1 Å². The molecule has 0 radical (unpaired) electrons. The lowest BCUT2D eigenvalue weighted by molar-refractivity contribution is -0.142. The van der Waals surface area contributed by atoms with E-state index in [1.165, 1.54) is 37.4 Å². The molecule has 6 nitrogen and oxygen atoms in total. The highest BCUT2D eigenvalue weighted by Gasteiger charge is 2.40. The third kappa shape index (κ3) is 5.06. The van der Waals surface area contributed by atoms with Crippen LogP contribution in [0.5, 0.6) is 11.6 Å². The first-order valence-electron chi connectivity index (χ1n) is 15.5. The Morgan fingerprint density at radius 3 is 2.50 bits per heavy atom. The Balaban J connectivity index is 1.21. The van der Waals surface area contributed by atoms with Crippen molar-refractivity contribution in [1.29, 1.82) is 0 Å². The quantitative estimate of drug-likeness (QED) is 0.291. The average Bonchev–Trinajstić information content (AvgIpc) is 3.69. The molecular weight excluding hydrogens is 531 g/mol. The van der Waals surface area contributed by atoms with Gasteiger partial charge in [0.2, 0.25) is 5.88 Å². The normalized spacial score (nSPS) is 24.6. The minimum absolute atomic E-state index is 0.00532. The minimum Gasteiger partial charge on any atom is -0.485 e. The third-order valence-corrected chi connectivity index (χ3v) is 10.3. The molecule has 0 amide bonds. The van der Waals surface area contributed by atoms with E-state index in [2.05, 4.69) is 40.2 Å². The molecule has 3 aliphatic heterocycles. The van der Waals surface area contributed by atoms with E-state index in [1.54, 1.807) is 13.2 Å². The van der Waals surface area contributed by atoms with E-state index in [0.717, 1.165) is 60.2 Å². The van der Waals surface area contributed by atoms with Crippen molar-refractivity contribution in [3.8, 4) is 22.8 Å². The number of aliphatic carboxylic acids is 1. The topological polar surface area (TPSA) is 71.9 Å². The zero-order valence-electron chi connectivity index (χ0n) is 24.4. The number of aromatic nitrogens is 1. The van der Waals surface area contributed by atoms with Crippen LogP contribution in [0.15, 0.2) is 48.7 Å². The number of carboxylic acids is 1. The van der Waals surface area contributed by atoms with Gasteiger partial charge in [0, 0.05) is 30.3 Å². The van der Waals surface area contributed by atoms with Crippen molar-refractivity contribution in [2.24, 2.45) is 11.8 Å². The molecule has 3 fully saturated rings. The Bertz CT molecular complexity index is 1480. The first-order chi connectivity index (χ1) is 20.4. The van der Waals surface area contributed by atoms with Gasteiger partial charge in [-0.25, -0.2) is 9.37 Å². The van der Waals surface area contributed by atoms with Crippen LogP contribution in [-0.2, 0) is 17.8 Å². The maximum absolute atomic E-state index is 15.1. The van der Waals surface area contributed by atoms with Crippen LogP contribution >= 0.6 is 0 Å². The molecule has 42 heavy (non-hydrogen) atoms. The maximum atomic E-state index is 15.1. The zero-order chi connectivity index (χ0) is 29.0. The van der Waals surface area contributed by atoms with Crippen LogP contribution in [0.3, 0.4) is 0 Å². The first kappa shape index (κ1) is 27.4. The predicted octanol–water partition coefficient (Wildman–Crippen LogP) is 7.30. The molecule has 2 saturated heterocycles. The van der Waals surface area contributed by atoms with Gasteiger partial charge in [0.15, 0.2) is 0 Å². The fourth-order valence-electron chi connectivity index (χ4n) is 7.83. The summed E-state index contributed by atoms with van der Waals surface area (Å²) < 4.78 is 27.2. The molecule has 1 N–H and O–H groups in total. The molecule has 4 aliphatic rings. The average molecular weight is 571 g/mol. The van der Waals surface area contributed by atoms with Crippen LogP contribution in [0.4, 0.5) is 4.39 Å². The molecule has 4 heterocycles. The van der Waals surface area contributed by atoms with Crippen LogP contribution in [0.2, 0.25) is 0 Å². The number of rotatable bonds is 9. The van der Waals surface area contributed by atoms with E-state index in [0.29, 0.717) is 29.4 Å². The molecule has 1 unspecified atom stereocenters. The van der Waals surface area contributed by atoms with Gasteiger partial charge >= 0.3 is 5.97 Å². The number of ether oxygens (including phenoxy) is 2. The summed E-state index contributed by atoms with van der Waals surface area (Å²) >= 11 is 0. The number of hydrogen-bond acceptors (Lipinski definition) is 5. The number of halogens is 1. The van der Waals surface area contributed by atoms with Crippen LogP contribution in [0, 0.1) is 17.7 Å². The Morgan fingerprint density at radius 2 is 1.81 bits per heavy atom. The van der Waals surface area contributed by atoms with Crippen LogP contribution in [0.25, 0.3) is 11.1 Å². The van der Waals surface area contributed by atoms with Crippen molar-refractivity contribution < 1.29 is 23.8 Å². The van der Waals surface area contributed by atoms with Crippen LogP contribution < -0.4 is 9.47 Å². The summed E-state index contributed by atoms with van der Waals surface area (Å²) in [7, 11) is 1.55. The van der Waals surface area contributed by atoms with Crippen LogP contribution in [0.1, 0.15) is 86.1 Å². The van der Waals surface area contributed by atoms with E-state index < -0.39 is 11.9 Å². The SMILES string of the molecule is COc1cc(-c2ccc([C@H]3CCc4ccc(C(C5CC5)[C@H](C)C(=O)O)cc4O3)cc2CN2C3CCC2CC3)c(F)cn1. The van der Waals surface area contributed by atoms with Crippen molar-refractivity contribution in [2.45, 2.75) is 88.9 Å². The molecular formula is C35H39FN2O4. The first-order valence-corrected chi connectivity index (χ1v) is 15.5. The van der Waals surface area contributed by atoms with Crippen LogP contribution in [-0.4, -0.2) is 40.2 Å². The highest BCUT2D eigenvalue weighted by molar-refractivity contribution is 5.71. The van der Waals surface area contributed by atoms with E-state index in [9.17, 15) is 9.90 Å². The van der Waals surface area contributed by atoms with Crippen molar-refractivity contribution >= 4 is 5.97 Å². The minimum atomic E-state index is -0.745. The lowest BCUT2D eigenvalue weighted by atomic mass is 9.82. The Hall–Kier alpha value is -3.45. The number of nitrogens with zero attached hydrogens (tertiary/aromatic N) is 2. The van der Waals surface area contributed by atoms with E-state index in [4.69, 9.17) is 9.47 Å². The third-order valence-electron chi connectivity index (χ3n) is 10.3. The van der Waals surface area contributed by atoms with Gasteiger partial charge in [-0.15, -0.1) is 0 Å². The fraction of sp³-hybridized carbons (Fsp3) is 0.486. The molecule has 1 saturated carbocycles. The van der Waals surface area contributed by atoms with Gasteiger partial charge < -0.3 is 14.6 Å². The smallest absolute Gasteiger partial charge is 0.306 e. The molecule has 0 spiro atoms. The summed E-state index contributed by atoms with van der Waals surface area (Å²) in [5.74, 6) is 0.157. The second kappa shape index (κ2) is 11.0. The van der Waals surface area contributed by atoms with Gasteiger partial charge in [-0.1, -0.05) is 37.3 Å². The highest BCUT2D eigenvalue weighted by Crippen LogP contribution is 2.48. The molecule has 2 aromatic carbocycles. The highest BCUT2D eigenvalue weighted by atomic mass is 19.1. The number of hydrogen-bond donors (Lipinski definition) is 1. The van der Waals surface area contributed by atoms with Gasteiger partial charge in [0.1, 0.15) is 17.7 Å². The summed E-state index contributed by atoms with van der Waals surface area (Å²) in [6, 6.07) is 15.6. The molecule has 220 valence electrons. The second-order valence-corrected chi connectivity index (χ2v) is 12.8. The molecule has 7 heteroatoms. The van der Waals surface area contributed by atoms with E-state index >= 15 is 4.39 Å². The monoisotopic (exact) mass is 570 g/mol. The van der Waals surface area contributed by atoms with Gasteiger partial charge in [-0.2, -0.15) is 0 Å². The van der Waals surface area contributed by atoms with Crippen molar-refractivity contribution in [2.75, 3.05) is 7.11 Å². The fourth-order valence-corrected chi connectivity index (χ4v) is 7.83. The number of fused-ring (bicyclic) bond motifs is 3. The van der Waals surface area contributed by atoms with Gasteiger partial charge in [0.05, 0.1) is 19.2 Å². The van der Waals surface area contributed by atoms with E-state index in [1.807, 2.05) is 13.0 Å². The summed E-state index contributed by atoms with van der Waals surface area (Å²) in [6.45, 7) is 2.61. The number of benzene rings is 2. The maximum Gasteiger partial charge on any atom is 0.306 e. The largest absolute Gasteiger partial charge is 0.485 e. The number of aryl methyl sites for hydroxylation is 1. The van der Waals surface area contributed by atoms with Gasteiger partial charge in [-0.3, -0.25) is 9.69 Å². The number of carbonyl (C=O) groups is 1. The summed E-state index contributed by atoms with van der Waals surface area (Å²) in [5, 5.41) is 9.77. The van der Waals surface area contributed by atoms with Gasteiger partial charge in [0.25, 0.3) is 0 Å². The summed E-state index contributed by atoms with van der Waals surface area (Å²) in [6.07, 6.45) is 10.0. The Labute approximate surface area is 246 Å². The number of methoxy groups -OCH3 is 1. The molecule has 1 aromatic heterocycles. The molecule has 3 atom stereocenters. The lowest BCUT2D eigenvalue weighted by Crippen LogP contribution is -2.28. The molecule has 2 bridgehead atoms.